The highest BCUT2D eigenvalue weighted by Gasteiger charge is 2.35. The van der Waals surface area contributed by atoms with E-state index in [1.165, 1.54) is 0 Å². The number of nitrogens with two attached hydrogens (primary N) is 1. The topological polar surface area (TPSA) is 60.2 Å². The van der Waals surface area contributed by atoms with Crippen LogP contribution in [0.3, 0.4) is 0 Å². The normalized spacial score (nSPS) is 31.9. The standard InChI is InChI=1S/C12H25NO2S/c1-9(2)6-7-16(14,15)12-8-10(3)4-5-11(12)13/h9-12H,4-8,13H2,1-3H3. The summed E-state index contributed by atoms with van der Waals surface area (Å²) in [6, 6.07) is -0.145. The lowest BCUT2D eigenvalue weighted by molar-refractivity contribution is 0.346. The van der Waals surface area contributed by atoms with Crippen molar-refractivity contribution < 1.29 is 8.42 Å². The van der Waals surface area contributed by atoms with E-state index in [1.54, 1.807) is 0 Å². The molecule has 0 amide bonds. The van der Waals surface area contributed by atoms with Crippen molar-refractivity contribution >= 4 is 9.84 Å². The number of hydrogen-bond acceptors (Lipinski definition) is 3. The molecule has 0 radical (unpaired) electrons. The summed E-state index contributed by atoms with van der Waals surface area (Å²) in [5.41, 5.74) is 5.95. The van der Waals surface area contributed by atoms with Gasteiger partial charge in [0.1, 0.15) is 0 Å². The van der Waals surface area contributed by atoms with Crippen molar-refractivity contribution in [3.63, 3.8) is 0 Å². The summed E-state index contributed by atoms with van der Waals surface area (Å²) in [7, 11) is -2.99. The van der Waals surface area contributed by atoms with Crippen molar-refractivity contribution in [2.24, 2.45) is 17.6 Å². The van der Waals surface area contributed by atoms with Crippen molar-refractivity contribution in [2.45, 2.75) is 57.7 Å². The third-order valence-electron chi connectivity index (χ3n) is 3.55. The first-order valence-corrected chi connectivity index (χ1v) is 8.01. The molecule has 16 heavy (non-hydrogen) atoms. The zero-order valence-corrected chi connectivity index (χ0v) is 11.5. The summed E-state index contributed by atoms with van der Waals surface area (Å²) in [5, 5.41) is -0.296. The van der Waals surface area contributed by atoms with E-state index in [0.717, 1.165) is 25.7 Å². The third-order valence-corrected chi connectivity index (χ3v) is 5.82. The van der Waals surface area contributed by atoms with E-state index in [1.807, 2.05) is 0 Å². The Morgan fingerprint density at radius 2 is 1.94 bits per heavy atom. The zero-order chi connectivity index (χ0) is 12.3. The maximum absolute atomic E-state index is 12.2. The molecule has 0 spiro atoms. The van der Waals surface area contributed by atoms with E-state index >= 15 is 0 Å². The maximum atomic E-state index is 12.2. The maximum Gasteiger partial charge on any atom is 0.154 e. The highest BCUT2D eigenvalue weighted by molar-refractivity contribution is 7.92. The molecule has 1 aliphatic carbocycles. The lowest BCUT2D eigenvalue weighted by Crippen LogP contribution is -2.45. The lowest BCUT2D eigenvalue weighted by Gasteiger charge is -2.32. The Kier molecular flexibility index (Phi) is 4.80. The molecule has 1 aliphatic rings. The minimum atomic E-state index is -2.99. The van der Waals surface area contributed by atoms with Gasteiger partial charge in [-0.2, -0.15) is 0 Å². The van der Waals surface area contributed by atoms with Crippen LogP contribution in [0.1, 0.15) is 46.5 Å². The van der Waals surface area contributed by atoms with Gasteiger partial charge in [-0.15, -0.1) is 0 Å². The highest BCUT2D eigenvalue weighted by atomic mass is 32.2. The molecule has 96 valence electrons. The van der Waals surface area contributed by atoms with Crippen LogP contribution >= 0.6 is 0 Å². The van der Waals surface area contributed by atoms with Gasteiger partial charge in [0.2, 0.25) is 0 Å². The summed E-state index contributed by atoms with van der Waals surface area (Å²) in [5.74, 6) is 1.24. The van der Waals surface area contributed by atoms with Crippen molar-refractivity contribution in [1.82, 2.24) is 0 Å². The van der Waals surface area contributed by atoms with Gasteiger partial charge in [-0.25, -0.2) is 8.42 Å². The average molecular weight is 247 g/mol. The molecule has 1 rings (SSSR count). The van der Waals surface area contributed by atoms with Crippen LogP contribution in [0.5, 0.6) is 0 Å². The Bertz CT molecular complexity index is 311. The first-order valence-electron chi connectivity index (χ1n) is 6.30. The van der Waals surface area contributed by atoms with Crippen LogP contribution < -0.4 is 5.73 Å². The second-order valence-electron chi connectivity index (χ2n) is 5.67. The minimum absolute atomic E-state index is 0.145. The van der Waals surface area contributed by atoms with E-state index in [0.29, 0.717) is 17.6 Å². The fraction of sp³-hybridized carbons (Fsp3) is 1.00. The average Bonchev–Trinajstić information content (AvgIpc) is 2.19. The molecule has 0 aromatic carbocycles. The van der Waals surface area contributed by atoms with Crippen LogP contribution in [-0.2, 0) is 9.84 Å². The molecule has 3 nitrogen and oxygen atoms in total. The highest BCUT2D eigenvalue weighted by Crippen LogP contribution is 2.28. The van der Waals surface area contributed by atoms with Crippen molar-refractivity contribution in [3.8, 4) is 0 Å². The van der Waals surface area contributed by atoms with Gasteiger partial charge in [0, 0.05) is 6.04 Å². The molecular formula is C12H25NO2S. The predicted molar refractivity (Wildman–Crippen MR) is 68.0 cm³/mol. The minimum Gasteiger partial charge on any atom is -0.327 e. The fourth-order valence-electron chi connectivity index (χ4n) is 2.32. The quantitative estimate of drug-likeness (QED) is 0.826. The summed E-state index contributed by atoms with van der Waals surface area (Å²) >= 11 is 0. The molecule has 2 N–H and O–H groups in total. The van der Waals surface area contributed by atoms with Crippen LogP contribution in [0.4, 0.5) is 0 Å². The Hall–Kier alpha value is -0.0900. The largest absolute Gasteiger partial charge is 0.327 e. The second kappa shape index (κ2) is 5.50. The van der Waals surface area contributed by atoms with Gasteiger partial charge in [0.05, 0.1) is 11.0 Å². The van der Waals surface area contributed by atoms with Crippen LogP contribution in [0, 0.1) is 11.8 Å². The van der Waals surface area contributed by atoms with Gasteiger partial charge in [0.15, 0.2) is 9.84 Å². The van der Waals surface area contributed by atoms with Crippen LogP contribution in [-0.4, -0.2) is 25.5 Å². The van der Waals surface area contributed by atoms with Gasteiger partial charge < -0.3 is 5.73 Å². The summed E-state index contributed by atoms with van der Waals surface area (Å²) in [6.07, 6.45) is 3.42. The molecule has 1 saturated carbocycles. The molecule has 3 unspecified atom stereocenters. The molecule has 3 atom stereocenters. The van der Waals surface area contributed by atoms with E-state index in [4.69, 9.17) is 5.73 Å². The third kappa shape index (κ3) is 3.74. The smallest absolute Gasteiger partial charge is 0.154 e. The van der Waals surface area contributed by atoms with Gasteiger partial charge in [-0.05, 0) is 37.5 Å². The number of hydrogen-bond donors (Lipinski definition) is 1. The summed E-state index contributed by atoms with van der Waals surface area (Å²) < 4.78 is 24.3. The van der Waals surface area contributed by atoms with Crippen LogP contribution in [0.15, 0.2) is 0 Å². The van der Waals surface area contributed by atoms with Crippen molar-refractivity contribution in [2.75, 3.05) is 5.75 Å². The van der Waals surface area contributed by atoms with E-state index in [-0.39, 0.29) is 11.3 Å². The van der Waals surface area contributed by atoms with Gasteiger partial charge in [0.25, 0.3) is 0 Å². The Labute approximate surface area is 99.7 Å². The molecule has 1 fully saturated rings. The first kappa shape index (κ1) is 14.0. The SMILES string of the molecule is CC(C)CCS(=O)(=O)C1CC(C)CCC1N. The van der Waals surface area contributed by atoms with Crippen LogP contribution in [0.25, 0.3) is 0 Å². The molecule has 0 aromatic rings. The number of rotatable bonds is 4. The Morgan fingerprint density at radius 3 is 2.50 bits per heavy atom. The van der Waals surface area contributed by atoms with Gasteiger partial charge in [-0.1, -0.05) is 20.8 Å². The molecule has 0 heterocycles. The summed E-state index contributed by atoms with van der Waals surface area (Å²) in [4.78, 5) is 0. The molecule has 0 bridgehead atoms. The lowest BCUT2D eigenvalue weighted by atomic mass is 9.87. The zero-order valence-electron chi connectivity index (χ0n) is 10.6. The molecule has 0 saturated heterocycles. The second-order valence-corrected chi connectivity index (χ2v) is 8.01. The predicted octanol–water partition coefficient (Wildman–Crippen LogP) is 1.96. The summed E-state index contributed by atoms with van der Waals surface area (Å²) in [6.45, 7) is 6.23. The molecule has 0 aliphatic heterocycles. The number of sulfone groups is 1. The van der Waals surface area contributed by atoms with E-state index in [2.05, 4.69) is 20.8 Å². The molecule has 0 aromatic heterocycles. The molecular weight excluding hydrogens is 222 g/mol. The Balaban J connectivity index is 2.65. The fourth-order valence-corrected chi connectivity index (χ4v) is 4.71. The molecule has 4 heteroatoms. The Morgan fingerprint density at radius 1 is 1.31 bits per heavy atom. The first-order chi connectivity index (χ1) is 7.33. The van der Waals surface area contributed by atoms with E-state index in [9.17, 15) is 8.42 Å². The van der Waals surface area contributed by atoms with Crippen molar-refractivity contribution in [3.05, 3.63) is 0 Å². The van der Waals surface area contributed by atoms with Crippen LogP contribution in [0.2, 0.25) is 0 Å². The van der Waals surface area contributed by atoms with Crippen molar-refractivity contribution in [1.29, 1.82) is 0 Å². The van der Waals surface area contributed by atoms with Gasteiger partial charge >= 0.3 is 0 Å². The van der Waals surface area contributed by atoms with Gasteiger partial charge in [-0.3, -0.25) is 0 Å². The monoisotopic (exact) mass is 247 g/mol. The van der Waals surface area contributed by atoms with E-state index < -0.39 is 9.84 Å².